The highest BCUT2D eigenvalue weighted by molar-refractivity contribution is 6.28. The summed E-state index contributed by atoms with van der Waals surface area (Å²) < 4.78 is 5.26. The first-order valence-corrected chi connectivity index (χ1v) is 8.23. The zero-order valence-corrected chi connectivity index (χ0v) is 15.6. The van der Waals surface area contributed by atoms with Gasteiger partial charge in [-0.05, 0) is 52.1 Å². The summed E-state index contributed by atoms with van der Waals surface area (Å²) in [5.41, 5.74) is 7.63. The van der Waals surface area contributed by atoms with Crippen LogP contribution in [0.3, 0.4) is 0 Å². The standard InChI is InChI=1S/C6H6ClN5.C6H12O2.C3H8O2/c1-2-3-4(12-11-2)5(8)10-6(7)9-3;1-5-2-3-6(4-7)8-5;1-3(2,4)5/h1H3,(H,11,12)(H2,8,9,10);5-7H,2-4H2,1H3;4-5H,1-2H3. The molecule has 2 aromatic rings. The molecule has 9 nitrogen and oxygen atoms in total. The van der Waals surface area contributed by atoms with Crippen LogP contribution in [0.1, 0.15) is 39.3 Å². The number of aliphatic hydroxyl groups is 3. The number of nitrogens with zero attached hydrogens (tertiary/aromatic N) is 3. The van der Waals surface area contributed by atoms with Crippen LogP contribution in [-0.2, 0) is 4.74 Å². The molecule has 0 radical (unpaired) electrons. The minimum atomic E-state index is -1.50. The molecule has 0 aliphatic carbocycles. The fourth-order valence-corrected chi connectivity index (χ4v) is 2.20. The highest BCUT2D eigenvalue weighted by atomic mass is 35.5. The Kier molecular flexibility index (Phi) is 7.97. The molecule has 0 spiro atoms. The summed E-state index contributed by atoms with van der Waals surface area (Å²) in [6, 6.07) is 0. The molecule has 142 valence electrons. The molecule has 0 aromatic carbocycles. The topological polar surface area (TPSA) is 150 Å². The van der Waals surface area contributed by atoms with Crippen molar-refractivity contribution in [1.29, 1.82) is 0 Å². The molecule has 6 N–H and O–H groups in total. The van der Waals surface area contributed by atoms with Gasteiger partial charge in [0.1, 0.15) is 5.52 Å². The van der Waals surface area contributed by atoms with Gasteiger partial charge in [0.05, 0.1) is 24.5 Å². The van der Waals surface area contributed by atoms with Gasteiger partial charge in [0, 0.05) is 0 Å². The van der Waals surface area contributed by atoms with Crippen LogP contribution in [0.25, 0.3) is 11.0 Å². The van der Waals surface area contributed by atoms with Crippen molar-refractivity contribution in [2.24, 2.45) is 0 Å². The SMILES string of the molecule is CC(C)(O)O.CC1CCC(CO)O1.Cc1[nH]nc2c(N)nc(Cl)nc12. The number of hydrogen-bond acceptors (Lipinski definition) is 8. The molecule has 2 unspecified atom stereocenters. The van der Waals surface area contributed by atoms with E-state index in [1.165, 1.54) is 13.8 Å². The number of aromatic amines is 1. The number of aryl methyl sites for hydroxylation is 1. The molecule has 1 aliphatic heterocycles. The average Bonchev–Trinajstić information content (AvgIpc) is 3.05. The normalized spacial score (nSPS) is 19.8. The monoisotopic (exact) mass is 375 g/mol. The number of aliphatic hydroxyl groups excluding tert-OH is 1. The molecule has 0 amide bonds. The van der Waals surface area contributed by atoms with E-state index in [4.69, 9.17) is 37.4 Å². The van der Waals surface area contributed by atoms with Gasteiger partial charge in [0.15, 0.2) is 17.1 Å². The third-order valence-corrected chi connectivity index (χ3v) is 3.27. The molecule has 1 saturated heterocycles. The number of anilines is 1. The van der Waals surface area contributed by atoms with Crippen molar-refractivity contribution in [3.8, 4) is 0 Å². The first kappa shape index (κ1) is 21.5. The molecule has 3 heterocycles. The van der Waals surface area contributed by atoms with Crippen LogP contribution >= 0.6 is 11.6 Å². The number of H-pyrrole nitrogens is 1. The van der Waals surface area contributed by atoms with E-state index in [1.807, 2.05) is 13.8 Å². The first-order chi connectivity index (χ1) is 11.5. The highest BCUT2D eigenvalue weighted by Gasteiger charge is 2.19. The molecular formula is C15H26ClN5O4. The summed E-state index contributed by atoms with van der Waals surface area (Å²) in [6.45, 7) is 6.66. The Hall–Kier alpha value is -1.52. The minimum absolute atomic E-state index is 0.130. The predicted molar refractivity (Wildman–Crippen MR) is 95.0 cm³/mol. The molecular weight excluding hydrogens is 350 g/mol. The fourth-order valence-electron chi connectivity index (χ4n) is 2.03. The van der Waals surface area contributed by atoms with E-state index in [2.05, 4.69) is 20.2 Å². The minimum Gasteiger partial charge on any atom is -0.394 e. The lowest BCUT2D eigenvalue weighted by molar-refractivity contribution is -0.127. The molecule has 0 saturated carbocycles. The lowest BCUT2D eigenvalue weighted by Gasteiger charge is -2.05. The van der Waals surface area contributed by atoms with Crippen LogP contribution in [0.2, 0.25) is 5.28 Å². The Morgan fingerprint density at radius 3 is 2.32 bits per heavy atom. The maximum absolute atomic E-state index is 8.56. The van der Waals surface area contributed by atoms with Gasteiger partial charge < -0.3 is 25.8 Å². The van der Waals surface area contributed by atoms with Gasteiger partial charge in [0.25, 0.3) is 0 Å². The average molecular weight is 376 g/mol. The number of fused-ring (bicyclic) bond motifs is 1. The summed E-state index contributed by atoms with van der Waals surface area (Å²) in [4.78, 5) is 7.74. The summed E-state index contributed by atoms with van der Waals surface area (Å²) in [5.74, 6) is -1.20. The lowest BCUT2D eigenvalue weighted by atomic mass is 10.2. The Morgan fingerprint density at radius 2 is 1.88 bits per heavy atom. The van der Waals surface area contributed by atoms with Gasteiger partial charge in [0.2, 0.25) is 5.28 Å². The number of nitrogens with two attached hydrogens (primary N) is 1. The van der Waals surface area contributed by atoms with Crippen LogP contribution in [-0.4, -0.2) is 60.1 Å². The van der Waals surface area contributed by atoms with Crippen molar-refractivity contribution < 1.29 is 20.1 Å². The van der Waals surface area contributed by atoms with E-state index in [0.29, 0.717) is 23.0 Å². The van der Waals surface area contributed by atoms with Gasteiger partial charge in [-0.3, -0.25) is 5.10 Å². The van der Waals surface area contributed by atoms with Crippen molar-refractivity contribution in [3.63, 3.8) is 0 Å². The largest absolute Gasteiger partial charge is 0.394 e. The number of hydrogen-bond donors (Lipinski definition) is 5. The number of ether oxygens (including phenoxy) is 1. The number of nitrogen functional groups attached to an aromatic ring is 1. The second kappa shape index (κ2) is 9.25. The second-order valence-corrected chi connectivity index (χ2v) is 6.58. The second-order valence-electron chi connectivity index (χ2n) is 6.25. The van der Waals surface area contributed by atoms with E-state index in [0.717, 1.165) is 18.5 Å². The lowest BCUT2D eigenvalue weighted by Crippen LogP contribution is -2.15. The Labute approximate surface area is 151 Å². The number of rotatable bonds is 1. The summed E-state index contributed by atoms with van der Waals surface area (Å²) in [6.07, 6.45) is 2.63. The third-order valence-electron chi connectivity index (χ3n) is 3.10. The zero-order chi connectivity index (χ0) is 19.2. The van der Waals surface area contributed by atoms with E-state index in [9.17, 15) is 0 Å². The van der Waals surface area contributed by atoms with Crippen LogP contribution in [0.15, 0.2) is 0 Å². The molecule has 1 aliphatic rings. The summed E-state index contributed by atoms with van der Waals surface area (Å²) in [5, 5.41) is 31.5. The summed E-state index contributed by atoms with van der Waals surface area (Å²) >= 11 is 5.61. The quantitative estimate of drug-likeness (QED) is 0.368. The Balaban J connectivity index is 0.000000209. The maximum atomic E-state index is 8.56. The van der Waals surface area contributed by atoms with Gasteiger partial charge in [-0.25, -0.2) is 4.98 Å². The molecule has 2 aromatic heterocycles. The number of aromatic nitrogens is 4. The van der Waals surface area contributed by atoms with Crippen molar-refractivity contribution >= 4 is 28.5 Å². The van der Waals surface area contributed by atoms with E-state index >= 15 is 0 Å². The van der Waals surface area contributed by atoms with Gasteiger partial charge in [-0.15, -0.1) is 0 Å². The van der Waals surface area contributed by atoms with Crippen molar-refractivity contribution in [2.75, 3.05) is 12.3 Å². The van der Waals surface area contributed by atoms with Crippen LogP contribution in [0.4, 0.5) is 5.82 Å². The van der Waals surface area contributed by atoms with Crippen LogP contribution < -0.4 is 5.73 Å². The predicted octanol–water partition coefficient (Wildman–Crippen LogP) is 1.15. The smallest absolute Gasteiger partial charge is 0.225 e. The van der Waals surface area contributed by atoms with Crippen molar-refractivity contribution in [1.82, 2.24) is 20.2 Å². The van der Waals surface area contributed by atoms with E-state index < -0.39 is 5.79 Å². The Morgan fingerprint density at radius 1 is 1.28 bits per heavy atom. The van der Waals surface area contributed by atoms with Crippen LogP contribution in [0.5, 0.6) is 0 Å². The van der Waals surface area contributed by atoms with Crippen molar-refractivity contribution in [2.45, 2.75) is 58.5 Å². The van der Waals surface area contributed by atoms with Gasteiger partial charge >= 0.3 is 0 Å². The van der Waals surface area contributed by atoms with Gasteiger partial charge in [-0.2, -0.15) is 10.1 Å². The number of halogens is 1. The molecule has 10 heteroatoms. The summed E-state index contributed by atoms with van der Waals surface area (Å²) in [7, 11) is 0. The van der Waals surface area contributed by atoms with E-state index in [-0.39, 0.29) is 18.0 Å². The van der Waals surface area contributed by atoms with Crippen molar-refractivity contribution in [3.05, 3.63) is 11.0 Å². The Bertz CT molecular complexity index is 668. The molecule has 0 bridgehead atoms. The van der Waals surface area contributed by atoms with Crippen LogP contribution in [0, 0.1) is 6.92 Å². The molecule has 1 fully saturated rings. The maximum Gasteiger partial charge on any atom is 0.225 e. The van der Waals surface area contributed by atoms with Gasteiger partial charge in [-0.1, -0.05) is 0 Å². The molecule has 25 heavy (non-hydrogen) atoms. The third kappa shape index (κ3) is 7.93. The molecule has 2 atom stereocenters. The molecule has 3 rings (SSSR count). The fraction of sp³-hybridized carbons (Fsp3) is 0.667. The number of nitrogens with one attached hydrogen (secondary N) is 1. The zero-order valence-electron chi connectivity index (χ0n) is 14.8. The first-order valence-electron chi connectivity index (χ1n) is 7.86. The highest BCUT2D eigenvalue weighted by Crippen LogP contribution is 2.19. The van der Waals surface area contributed by atoms with E-state index in [1.54, 1.807) is 0 Å².